The first-order valence-electron chi connectivity index (χ1n) is 9.18. The Bertz CT molecular complexity index is 1160. The minimum absolute atomic E-state index is 0.0516. The molecule has 0 saturated carbocycles. The zero-order chi connectivity index (χ0) is 21.7. The Balaban J connectivity index is 1.96. The summed E-state index contributed by atoms with van der Waals surface area (Å²) in [5.41, 5.74) is 1.49. The standard InChI is InChI=1S/C22H20N2O5S/c1-16-10-12-20(13-11-16)30(28,29)23-21(15-22(25)17-6-3-2-4-7-17)18-8-5-9-19(14-18)24(26)27/h2-14,21,23H,15H2,1H3. The smallest absolute Gasteiger partial charge is 0.269 e. The maximum absolute atomic E-state index is 12.9. The quantitative estimate of drug-likeness (QED) is 0.331. The fraction of sp³-hybridized carbons (Fsp3) is 0.136. The van der Waals surface area contributed by atoms with Crippen molar-refractivity contribution in [2.75, 3.05) is 0 Å². The number of nitro benzene ring substituents is 1. The fourth-order valence-electron chi connectivity index (χ4n) is 2.98. The molecule has 3 aromatic rings. The van der Waals surface area contributed by atoms with Crippen molar-refractivity contribution in [3.05, 3.63) is 106 Å². The fourth-order valence-corrected chi connectivity index (χ4v) is 4.21. The number of ketones is 1. The second-order valence-electron chi connectivity index (χ2n) is 6.83. The second-order valence-corrected chi connectivity index (χ2v) is 8.55. The summed E-state index contributed by atoms with van der Waals surface area (Å²) in [5.74, 6) is -0.279. The normalized spacial score (nSPS) is 12.3. The van der Waals surface area contributed by atoms with Crippen LogP contribution in [0.3, 0.4) is 0 Å². The average molecular weight is 424 g/mol. The Kier molecular flexibility index (Phi) is 6.39. The van der Waals surface area contributed by atoms with Crippen molar-refractivity contribution in [3.63, 3.8) is 0 Å². The molecule has 1 unspecified atom stereocenters. The molecule has 3 aromatic carbocycles. The molecule has 8 heteroatoms. The lowest BCUT2D eigenvalue weighted by Gasteiger charge is -2.19. The Morgan fingerprint density at radius 2 is 1.67 bits per heavy atom. The van der Waals surface area contributed by atoms with E-state index in [4.69, 9.17) is 0 Å². The zero-order valence-corrected chi connectivity index (χ0v) is 17.0. The maximum atomic E-state index is 12.9. The molecule has 0 aliphatic carbocycles. The first-order valence-corrected chi connectivity index (χ1v) is 10.7. The van der Waals surface area contributed by atoms with Crippen molar-refractivity contribution < 1.29 is 18.1 Å². The molecule has 1 atom stereocenters. The summed E-state index contributed by atoms with van der Waals surface area (Å²) in [6, 6.07) is 19.4. The van der Waals surface area contributed by atoms with Crippen molar-refractivity contribution in [2.24, 2.45) is 0 Å². The number of nitro groups is 1. The molecule has 0 saturated heterocycles. The van der Waals surface area contributed by atoms with E-state index in [1.54, 1.807) is 48.5 Å². The predicted molar refractivity (Wildman–Crippen MR) is 113 cm³/mol. The van der Waals surface area contributed by atoms with Crippen molar-refractivity contribution in [1.82, 2.24) is 4.72 Å². The number of hydrogen-bond acceptors (Lipinski definition) is 5. The zero-order valence-electron chi connectivity index (χ0n) is 16.2. The van der Waals surface area contributed by atoms with Crippen LogP contribution in [0.1, 0.15) is 33.9 Å². The molecule has 154 valence electrons. The van der Waals surface area contributed by atoms with Gasteiger partial charge in [0.05, 0.1) is 15.9 Å². The van der Waals surface area contributed by atoms with Crippen LogP contribution in [0.5, 0.6) is 0 Å². The van der Waals surface area contributed by atoms with Crippen LogP contribution in [0, 0.1) is 17.0 Å². The minimum atomic E-state index is -3.96. The van der Waals surface area contributed by atoms with Crippen LogP contribution in [-0.4, -0.2) is 19.1 Å². The van der Waals surface area contributed by atoms with Crippen molar-refractivity contribution >= 4 is 21.5 Å². The van der Waals surface area contributed by atoms with Crippen LogP contribution in [0.25, 0.3) is 0 Å². The number of benzene rings is 3. The molecule has 0 fully saturated rings. The van der Waals surface area contributed by atoms with Gasteiger partial charge in [-0.25, -0.2) is 13.1 Å². The van der Waals surface area contributed by atoms with Crippen molar-refractivity contribution in [3.8, 4) is 0 Å². The molecular weight excluding hydrogens is 404 g/mol. The van der Waals surface area contributed by atoms with Gasteiger partial charge in [0.1, 0.15) is 0 Å². The number of sulfonamides is 1. The van der Waals surface area contributed by atoms with Gasteiger partial charge in [-0.1, -0.05) is 60.2 Å². The van der Waals surface area contributed by atoms with Crippen LogP contribution in [0.4, 0.5) is 5.69 Å². The van der Waals surface area contributed by atoms with E-state index < -0.39 is 21.0 Å². The molecule has 0 aliphatic rings. The Labute approximate surface area is 174 Å². The molecule has 3 rings (SSSR count). The summed E-state index contributed by atoms with van der Waals surface area (Å²) in [5, 5.41) is 11.2. The molecule has 0 bridgehead atoms. The molecule has 0 amide bonds. The topological polar surface area (TPSA) is 106 Å². The molecule has 0 radical (unpaired) electrons. The van der Waals surface area contributed by atoms with E-state index in [9.17, 15) is 23.3 Å². The molecule has 0 aromatic heterocycles. The third-order valence-corrected chi connectivity index (χ3v) is 6.08. The Morgan fingerprint density at radius 1 is 1.00 bits per heavy atom. The van der Waals surface area contributed by atoms with Gasteiger partial charge in [-0.2, -0.15) is 0 Å². The van der Waals surface area contributed by atoms with Gasteiger partial charge in [-0.3, -0.25) is 14.9 Å². The van der Waals surface area contributed by atoms with Crippen LogP contribution < -0.4 is 4.72 Å². The number of nitrogens with zero attached hydrogens (tertiary/aromatic N) is 1. The Morgan fingerprint density at radius 3 is 2.30 bits per heavy atom. The highest BCUT2D eigenvalue weighted by molar-refractivity contribution is 7.89. The first-order chi connectivity index (χ1) is 14.3. The summed E-state index contributed by atoms with van der Waals surface area (Å²) >= 11 is 0. The third kappa shape index (κ3) is 5.16. The van der Waals surface area contributed by atoms with E-state index in [0.29, 0.717) is 11.1 Å². The van der Waals surface area contributed by atoms with Gasteiger partial charge in [0.25, 0.3) is 5.69 Å². The summed E-state index contributed by atoms with van der Waals surface area (Å²) in [6.45, 7) is 1.84. The molecule has 0 aliphatic heterocycles. The predicted octanol–water partition coefficient (Wildman–Crippen LogP) is 4.20. The lowest BCUT2D eigenvalue weighted by molar-refractivity contribution is -0.384. The summed E-state index contributed by atoms with van der Waals surface area (Å²) in [4.78, 5) is 23.4. The lowest BCUT2D eigenvalue weighted by atomic mass is 9.98. The minimum Gasteiger partial charge on any atom is -0.294 e. The number of hydrogen-bond donors (Lipinski definition) is 1. The molecule has 1 N–H and O–H groups in total. The molecule has 0 spiro atoms. The monoisotopic (exact) mass is 424 g/mol. The number of rotatable bonds is 8. The highest BCUT2D eigenvalue weighted by atomic mass is 32.2. The molecule has 0 heterocycles. The number of Topliss-reactive ketones (excluding diaryl/α,β-unsaturated/α-hetero) is 1. The third-order valence-electron chi connectivity index (χ3n) is 4.60. The number of carbonyl (C=O) groups is 1. The maximum Gasteiger partial charge on any atom is 0.269 e. The van der Waals surface area contributed by atoms with Crippen LogP contribution >= 0.6 is 0 Å². The Hall–Kier alpha value is -3.36. The van der Waals surface area contributed by atoms with E-state index in [-0.39, 0.29) is 22.8 Å². The van der Waals surface area contributed by atoms with Gasteiger partial charge in [-0.05, 0) is 24.6 Å². The lowest BCUT2D eigenvalue weighted by Crippen LogP contribution is -2.30. The highest BCUT2D eigenvalue weighted by Crippen LogP contribution is 2.25. The van der Waals surface area contributed by atoms with E-state index in [0.717, 1.165) is 5.56 Å². The van der Waals surface area contributed by atoms with E-state index in [1.807, 2.05) is 6.92 Å². The van der Waals surface area contributed by atoms with Gasteiger partial charge >= 0.3 is 0 Å². The van der Waals surface area contributed by atoms with Crippen LogP contribution in [0.15, 0.2) is 83.8 Å². The van der Waals surface area contributed by atoms with Crippen LogP contribution in [-0.2, 0) is 10.0 Å². The largest absolute Gasteiger partial charge is 0.294 e. The van der Waals surface area contributed by atoms with Gasteiger partial charge in [0.2, 0.25) is 10.0 Å². The van der Waals surface area contributed by atoms with Gasteiger partial charge in [0, 0.05) is 24.1 Å². The van der Waals surface area contributed by atoms with Gasteiger partial charge in [0.15, 0.2) is 5.78 Å². The molecule has 30 heavy (non-hydrogen) atoms. The summed E-state index contributed by atoms with van der Waals surface area (Å²) < 4.78 is 28.4. The SMILES string of the molecule is Cc1ccc(S(=O)(=O)NC(CC(=O)c2ccccc2)c2cccc([N+](=O)[O-])c2)cc1. The molecular formula is C22H20N2O5S. The second kappa shape index (κ2) is 8.98. The summed E-state index contributed by atoms with van der Waals surface area (Å²) in [6.07, 6.45) is -0.184. The molecule has 7 nitrogen and oxygen atoms in total. The number of aryl methyl sites for hydroxylation is 1. The van der Waals surface area contributed by atoms with Crippen molar-refractivity contribution in [1.29, 1.82) is 0 Å². The number of non-ortho nitro benzene ring substituents is 1. The van der Waals surface area contributed by atoms with E-state index >= 15 is 0 Å². The number of nitrogens with one attached hydrogen (secondary N) is 1. The average Bonchev–Trinajstić information content (AvgIpc) is 2.74. The highest BCUT2D eigenvalue weighted by Gasteiger charge is 2.25. The first kappa shape index (κ1) is 21.4. The van der Waals surface area contributed by atoms with Crippen LogP contribution in [0.2, 0.25) is 0 Å². The van der Waals surface area contributed by atoms with Gasteiger partial charge in [-0.15, -0.1) is 0 Å². The van der Waals surface area contributed by atoms with Crippen molar-refractivity contribution in [2.45, 2.75) is 24.3 Å². The number of carbonyl (C=O) groups excluding carboxylic acids is 1. The summed E-state index contributed by atoms with van der Waals surface area (Å²) in [7, 11) is -3.96. The van der Waals surface area contributed by atoms with Gasteiger partial charge < -0.3 is 0 Å². The van der Waals surface area contributed by atoms with E-state index in [2.05, 4.69) is 4.72 Å². The van der Waals surface area contributed by atoms with E-state index in [1.165, 1.54) is 30.3 Å².